The van der Waals surface area contributed by atoms with Crippen LogP contribution >= 0.6 is 0 Å². The fraction of sp³-hybridized carbons (Fsp3) is 0.590. The lowest BCUT2D eigenvalue weighted by atomic mass is 9.89. The predicted molar refractivity (Wildman–Crippen MR) is 317 cm³/mol. The maximum Gasteiger partial charge on any atom is 0.326 e. The summed E-state index contributed by atoms with van der Waals surface area (Å²) in [6, 6.07) is 8.61. The SMILES string of the molecule is CC[C@H](C)[C@@H]([C@@H](CC(=O)N1CCC[C@H]1[C@H](OC)[C@@H](C)C(=O)N[C@@H](Cc1ccccc1)C(=O)O)OC)N(C)C(=O)[C@@H](NC(=O)c1ccc(NC(=O)[C@H](CCCNC(N)=O)NC(=O)[C@@H](NC(=O)CCCCCN2C(=O)C=CC2=O)C(C)C)cc1)C(C)C. The van der Waals surface area contributed by atoms with Crippen LogP contribution < -0.4 is 37.6 Å². The summed E-state index contributed by atoms with van der Waals surface area (Å²) in [4.78, 5) is 149. The minimum atomic E-state index is -1.19. The molecule has 0 aliphatic carbocycles. The topological polar surface area (TPSA) is 334 Å². The van der Waals surface area contributed by atoms with Crippen molar-refractivity contribution in [2.24, 2.45) is 29.4 Å². The van der Waals surface area contributed by atoms with E-state index in [1.165, 1.54) is 55.5 Å². The lowest BCUT2D eigenvalue weighted by molar-refractivity contribution is -0.147. The number of unbranched alkanes of at least 4 members (excludes halogenated alkanes) is 2. The Hall–Kier alpha value is -7.73. The van der Waals surface area contributed by atoms with Gasteiger partial charge in [0.05, 0.1) is 36.6 Å². The molecule has 1 fully saturated rings. The first kappa shape index (κ1) is 69.8. The van der Waals surface area contributed by atoms with Gasteiger partial charge in [-0.05, 0) is 86.1 Å². The largest absolute Gasteiger partial charge is 0.480 e. The molecule has 24 heteroatoms. The molecule has 0 bridgehead atoms. The molecular weight excluding hydrogens is 1100 g/mol. The molecule has 0 aromatic heterocycles. The average Bonchev–Trinajstić information content (AvgIpc) is 3.58. The van der Waals surface area contributed by atoms with Gasteiger partial charge in [0, 0.05) is 77.1 Å². The van der Waals surface area contributed by atoms with Crippen LogP contribution in [-0.4, -0.2) is 174 Å². The molecule has 0 radical (unpaired) electrons. The van der Waals surface area contributed by atoms with E-state index in [4.69, 9.17) is 15.2 Å². The molecule has 9 N–H and O–H groups in total. The molecule has 4 rings (SSSR count). The van der Waals surface area contributed by atoms with E-state index in [1.54, 1.807) is 70.8 Å². The van der Waals surface area contributed by atoms with Crippen LogP contribution in [0.15, 0.2) is 66.7 Å². The van der Waals surface area contributed by atoms with Crippen molar-refractivity contribution in [1.82, 2.24) is 41.3 Å². The number of imide groups is 1. The summed E-state index contributed by atoms with van der Waals surface area (Å²) in [5.41, 5.74) is 6.42. The number of urea groups is 1. The van der Waals surface area contributed by atoms with E-state index in [-0.39, 0.29) is 86.0 Å². The number of carbonyl (C=O) groups excluding carboxylic acids is 10. The summed E-state index contributed by atoms with van der Waals surface area (Å²) in [6.45, 7) is 13.4. The van der Waals surface area contributed by atoms with Crippen molar-refractivity contribution in [1.29, 1.82) is 0 Å². The number of nitrogens with two attached hydrogens (primary N) is 1. The van der Waals surface area contributed by atoms with E-state index in [9.17, 15) is 57.8 Å². The van der Waals surface area contributed by atoms with Crippen LogP contribution in [0.2, 0.25) is 0 Å². The van der Waals surface area contributed by atoms with Crippen LogP contribution in [-0.2, 0) is 59.0 Å². The number of primary amides is 1. The molecule has 2 heterocycles. The van der Waals surface area contributed by atoms with Crippen molar-refractivity contribution in [2.75, 3.05) is 46.2 Å². The third-order valence-corrected chi connectivity index (χ3v) is 15.8. The number of ether oxygens (including phenoxy) is 2. The van der Waals surface area contributed by atoms with Crippen molar-refractivity contribution < 1.29 is 67.3 Å². The summed E-state index contributed by atoms with van der Waals surface area (Å²) < 4.78 is 11.9. The van der Waals surface area contributed by atoms with E-state index >= 15 is 0 Å². The zero-order valence-corrected chi connectivity index (χ0v) is 50.9. The molecule has 0 saturated carbocycles. The highest BCUT2D eigenvalue weighted by Gasteiger charge is 2.43. The number of nitrogens with one attached hydrogen (secondary N) is 6. The second-order valence-electron chi connectivity index (χ2n) is 22.7. The Labute approximate surface area is 498 Å². The van der Waals surface area contributed by atoms with Gasteiger partial charge in [-0.1, -0.05) is 91.6 Å². The van der Waals surface area contributed by atoms with Gasteiger partial charge < -0.3 is 62.0 Å². The summed E-state index contributed by atoms with van der Waals surface area (Å²) >= 11 is 0. The highest BCUT2D eigenvalue weighted by molar-refractivity contribution is 6.12. The Morgan fingerprint density at radius 3 is 1.96 bits per heavy atom. The number of anilines is 1. The normalized spacial score (nSPS) is 17.2. The van der Waals surface area contributed by atoms with Crippen molar-refractivity contribution in [3.63, 3.8) is 0 Å². The summed E-state index contributed by atoms with van der Waals surface area (Å²) in [5.74, 6) is -7.16. The summed E-state index contributed by atoms with van der Waals surface area (Å²) in [5, 5.41) is 26.3. The fourth-order valence-corrected chi connectivity index (χ4v) is 10.8. The van der Waals surface area contributed by atoms with Crippen LogP contribution in [0.3, 0.4) is 0 Å². The van der Waals surface area contributed by atoms with Crippen molar-refractivity contribution in [3.8, 4) is 0 Å². The van der Waals surface area contributed by atoms with Gasteiger partial charge in [0.15, 0.2) is 0 Å². The van der Waals surface area contributed by atoms with Crippen molar-refractivity contribution in [2.45, 2.75) is 168 Å². The Morgan fingerprint density at radius 2 is 1.39 bits per heavy atom. The molecule has 0 spiro atoms. The van der Waals surface area contributed by atoms with Gasteiger partial charge in [-0.15, -0.1) is 0 Å². The molecule has 10 atom stereocenters. The zero-order valence-electron chi connectivity index (χ0n) is 50.9. The number of hydrogen-bond acceptors (Lipinski definition) is 13. The van der Waals surface area contributed by atoms with E-state index < -0.39 is 108 Å². The molecular formula is C61H90N10O14. The van der Waals surface area contributed by atoms with Crippen LogP contribution in [0, 0.1) is 23.7 Å². The molecule has 1 saturated heterocycles. The Kier molecular flexibility index (Phi) is 28.1. The first-order valence-corrected chi connectivity index (χ1v) is 29.4. The van der Waals surface area contributed by atoms with Crippen LogP contribution in [0.4, 0.5) is 10.5 Å². The fourth-order valence-electron chi connectivity index (χ4n) is 10.8. The van der Waals surface area contributed by atoms with E-state index in [0.717, 1.165) is 10.5 Å². The van der Waals surface area contributed by atoms with Crippen molar-refractivity contribution in [3.05, 3.63) is 77.9 Å². The zero-order chi connectivity index (χ0) is 63.1. The number of likely N-dealkylation sites (tertiary alicyclic amines) is 1. The van der Waals surface area contributed by atoms with Gasteiger partial charge in [-0.3, -0.25) is 48.1 Å². The van der Waals surface area contributed by atoms with E-state index in [1.807, 2.05) is 19.9 Å². The number of methoxy groups -OCH3 is 2. The number of aliphatic carboxylic acids is 1. The number of benzene rings is 2. The van der Waals surface area contributed by atoms with Gasteiger partial charge >= 0.3 is 12.0 Å². The van der Waals surface area contributed by atoms with Crippen molar-refractivity contribution >= 4 is 70.9 Å². The van der Waals surface area contributed by atoms with Gasteiger partial charge in [-0.2, -0.15) is 0 Å². The quantitative estimate of drug-likeness (QED) is 0.0361. The summed E-state index contributed by atoms with van der Waals surface area (Å²) in [6.07, 6.45) is 4.48. The second kappa shape index (κ2) is 34.3. The van der Waals surface area contributed by atoms with Gasteiger partial charge in [-0.25, -0.2) is 9.59 Å². The van der Waals surface area contributed by atoms with Crippen LogP contribution in [0.25, 0.3) is 0 Å². The maximum absolute atomic E-state index is 14.6. The van der Waals surface area contributed by atoms with Gasteiger partial charge in [0.1, 0.15) is 24.2 Å². The van der Waals surface area contributed by atoms with Crippen LogP contribution in [0.5, 0.6) is 0 Å². The minimum Gasteiger partial charge on any atom is -0.480 e. The highest BCUT2D eigenvalue weighted by Crippen LogP contribution is 2.30. The maximum atomic E-state index is 14.6. The lowest BCUT2D eigenvalue weighted by Crippen LogP contribution is -2.57. The second-order valence-corrected chi connectivity index (χ2v) is 22.7. The first-order chi connectivity index (χ1) is 40.3. The Morgan fingerprint density at radius 1 is 0.753 bits per heavy atom. The minimum absolute atomic E-state index is 0.0664. The van der Waals surface area contributed by atoms with Crippen LogP contribution in [0.1, 0.15) is 129 Å². The number of carboxylic acid groups (broad SMARTS) is 1. The first-order valence-electron chi connectivity index (χ1n) is 29.4. The van der Waals surface area contributed by atoms with E-state index in [0.29, 0.717) is 45.1 Å². The molecule has 468 valence electrons. The molecule has 2 aromatic rings. The smallest absolute Gasteiger partial charge is 0.326 e. The number of nitrogens with zero attached hydrogens (tertiary/aromatic N) is 3. The highest BCUT2D eigenvalue weighted by atomic mass is 16.5. The third-order valence-electron chi connectivity index (χ3n) is 15.8. The molecule has 11 amide bonds. The monoisotopic (exact) mass is 1190 g/mol. The van der Waals surface area contributed by atoms with E-state index in [2.05, 4.69) is 31.9 Å². The number of likely N-dealkylation sites (N-methyl/N-ethyl adjacent to an activating group) is 1. The number of hydrogen-bond donors (Lipinski definition) is 8. The number of carboxylic acids is 1. The molecule has 2 aliphatic heterocycles. The summed E-state index contributed by atoms with van der Waals surface area (Å²) in [7, 11) is 4.55. The lowest BCUT2D eigenvalue weighted by Gasteiger charge is -2.40. The molecule has 2 aromatic carbocycles. The predicted octanol–water partition coefficient (Wildman–Crippen LogP) is 3.67. The number of rotatable bonds is 35. The molecule has 0 unspecified atom stereocenters. The Bertz CT molecular complexity index is 2630. The molecule has 2 aliphatic rings. The number of carbonyl (C=O) groups is 11. The standard InChI is InChI=1S/C61H90N10O14/c1-11-38(6)53(46(84-9)35-50(75)70-33-19-23-45(70)54(85-10)39(7)55(76)66-44(60(81)82)34-40-20-14-12-15-21-40)69(8)59(80)52(37(4)5)68-56(77)41-25-27-42(28-26-41)64-57(78)43(22-18-31-63-61(62)83)65-58(79)51(36(2)3)67-47(72)24-16-13-17-32-71-48(73)29-30-49(71)74/h12,14-15,20-21,25-30,36-39,43-46,51-54H,11,13,16-19,22-24,31-35H2,1-10H3,(H,64,78)(H,65,79)(H,66,76)(H,67,72)(H,68,77)(H,81,82)(H3,62,63,83)/t38-,39+,43-,44-,45-,46+,51-,52-,53-,54+/m0/s1. The van der Waals surface area contributed by atoms with Gasteiger partial charge in [0.25, 0.3) is 17.7 Å². The third kappa shape index (κ3) is 20.8. The Balaban J connectivity index is 1.41. The average molecular weight is 1190 g/mol. The molecule has 24 nitrogen and oxygen atoms in total. The van der Waals surface area contributed by atoms with Gasteiger partial charge in [0.2, 0.25) is 35.4 Å². The molecule has 85 heavy (non-hydrogen) atoms. The number of amides is 11.